The average molecular weight is 443 g/mol. The van der Waals surface area contributed by atoms with E-state index in [0.29, 0.717) is 0 Å². The standard InChI is InChI=1S/C20H15F6N3O2/c1-10-15(17(30)28-14-4-2-3-13(9-14)20(24,25)26)16(29-18(31)27-10)11-5-7-12(8-6-11)19(21,22)23/h2-9,16H,1H3,(H,28,30)(H2,27,29,31)/t16-/m0/s1. The summed E-state index contributed by atoms with van der Waals surface area (Å²) in [6.45, 7) is 1.40. The number of allylic oxidation sites excluding steroid dienone is 1. The Morgan fingerprint density at radius 2 is 1.55 bits per heavy atom. The Labute approximate surface area is 172 Å². The van der Waals surface area contributed by atoms with Crippen molar-refractivity contribution in [1.29, 1.82) is 0 Å². The molecular formula is C20H15F6N3O2. The van der Waals surface area contributed by atoms with Gasteiger partial charge in [-0.15, -0.1) is 0 Å². The van der Waals surface area contributed by atoms with Crippen molar-refractivity contribution >= 4 is 17.6 Å². The summed E-state index contributed by atoms with van der Waals surface area (Å²) in [6.07, 6.45) is -9.18. The highest BCUT2D eigenvalue weighted by molar-refractivity contribution is 6.06. The molecule has 0 aromatic heterocycles. The van der Waals surface area contributed by atoms with Crippen molar-refractivity contribution in [2.24, 2.45) is 0 Å². The van der Waals surface area contributed by atoms with E-state index < -0.39 is 41.5 Å². The number of alkyl halides is 6. The second-order valence-electron chi connectivity index (χ2n) is 6.72. The molecule has 0 spiro atoms. The van der Waals surface area contributed by atoms with Gasteiger partial charge in [0.1, 0.15) is 0 Å². The van der Waals surface area contributed by atoms with E-state index in [9.17, 15) is 35.9 Å². The normalized spacial score (nSPS) is 17.1. The third-order valence-corrected chi connectivity index (χ3v) is 4.53. The highest BCUT2D eigenvalue weighted by Crippen LogP contribution is 2.34. The first kappa shape index (κ1) is 22.2. The predicted octanol–water partition coefficient (Wildman–Crippen LogP) is 4.99. The summed E-state index contributed by atoms with van der Waals surface area (Å²) in [5.74, 6) is -0.825. The predicted molar refractivity (Wildman–Crippen MR) is 98.6 cm³/mol. The molecule has 0 saturated carbocycles. The van der Waals surface area contributed by atoms with Gasteiger partial charge >= 0.3 is 18.4 Å². The number of anilines is 1. The third kappa shape index (κ3) is 4.98. The minimum absolute atomic E-state index is 0.0585. The van der Waals surface area contributed by atoms with Gasteiger partial charge in [-0.2, -0.15) is 26.3 Å². The van der Waals surface area contributed by atoms with Crippen LogP contribution >= 0.6 is 0 Å². The van der Waals surface area contributed by atoms with Gasteiger partial charge in [-0.1, -0.05) is 18.2 Å². The van der Waals surface area contributed by atoms with Gasteiger partial charge in [0.25, 0.3) is 5.91 Å². The van der Waals surface area contributed by atoms with Crippen molar-refractivity contribution < 1.29 is 35.9 Å². The number of amides is 3. The zero-order chi connectivity index (χ0) is 23.0. The molecular weight excluding hydrogens is 428 g/mol. The highest BCUT2D eigenvalue weighted by Gasteiger charge is 2.34. The van der Waals surface area contributed by atoms with Crippen LogP contribution in [-0.2, 0) is 17.1 Å². The zero-order valence-corrected chi connectivity index (χ0v) is 15.8. The number of carbonyl (C=O) groups excluding carboxylic acids is 2. The number of hydrogen-bond donors (Lipinski definition) is 3. The van der Waals surface area contributed by atoms with Crippen LogP contribution in [0.5, 0.6) is 0 Å². The topological polar surface area (TPSA) is 70.2 Å². The molecule has 2 aromatic rings. The molecule has 0 unspecified atom stereocenters. The molecule has 0 radical (unpaired) electrons. The lowest BCUT2D eigenvalue weighted by atomic mass is 9.94. The van der Waals surface area contributed by atoms with E-state index in [1.165, 1.54) is 13.0 Å². The van der Waals surface area contributed by atoms with E-state index in [-0.39, 0.29) is 22.5 Å². The third-order valence-electron chi connectivity index (χ3n) is 4.53. The first-order valence-electron chi connectivity index (χ1n) is 8.80. The molecule has 1 aliphatic heterocycles. The molecule has 2 aromatic carbocycles. The summed E-state index contributed by atoms with van der Waals surface area (Å²) in [5, 5.41) is 7.16. The van der Waals surface area contributed by atoms with Gasteiger partial charge in [-0.3, -0.25) is 4.79 Å². The molecule has 11 heteroatoms. The molecule has 0 bridgehead atoms. The van der Waals surface area contributed by atoms with Crippen LogP contribution in [0.2, 0.25) is 0 Å². The molecule has 164 valence electrons. The van der Waals surface area contributed by atoms with Crippen LogP contribution in [0.25, 0.3) is 0 Å². The second-order valence-corrected chi connectivity index (χ2v) is 6.72. The number of nitrogens with one attached hydrogen (secondary N) is 3. The number of urea groups is 1. The quantitative estimate of drug-likeness (QED) is 0.585. The summed E-state index contributed by atoms with van der Waals surface area (Å²) in [4.78, 5) is 24.7. The maximum Gasteiger partial charge on any atom is 0.416 e. The summed E-state index contributed by atoms with van der Waals surface area (Å²) in [6, 6.07) is 6.01. The average Bonchev–Trinajstić information content (AvgIpc) is 2.66. The molecule has 3 rings (SSSR count). The minimum Gasteiger partial charge on any atom is -0.327 e. The van der Waals surface area contributed by atoms with Crippen LogP contribution in [-0.4, -0.2) is 11.9 Å². The first-order chi connectivity index (χ1) is 14.4. The molecule has 1 atom stereocenters. The van der Waals surface area contributed by atoms with Crippen LogP contribution in [0.15, 0.2) is 59.8 Å². The van der Waals surface area contributed by atoms with Gasteiger partial charge in [0.2, 0.25) is 0 Å². The van der Waals surface area contributed by atoms with E-state index in [4.69, 9.17) is 0 Å². The highest BCUT2D eigenvalue weighted by atomic mass is 19.4. The molecule has 5 nitrogen and oxygen atoms in total. The molecule has 0 fully saturated rings. The van der Waals surface area contributed by atoms with Crippen LogP contribution in [0.4, 0.5) is 36.8 Å². The van der Waals surface area contributed by atoms with Crippen molar-refractivity contribution in [3.8, 4) is 0 Å². The lowest BCUT2D eigenvalue weighted by Crippen LogP contribution is -2.46. The monoisotopic (exact) mass is 443 g/mol. The molecule has 3 N–H and O–H groups in total. The lowest BCUT2D eigenvalue weighted by Gasteiger charge is -2.29. The van der Waals surface area contributed by atoms with Crippen molar-refractivity contribution in [1.82, 2.24) is 10.6 Å². The molecule has 31 heavy (non-hydrogen) atoms. The second kappa shape index (κ2) is 7.97. The fourth-order valence-electron chi connectivity index (χ4n) is 3.08. The Bertz CT molecular complexity index is 1040. The van der Waals surface area contributed by atoms with Gasteiger partial charge in [0, 0.05) is 11.4 Å². The van der Waals surface area contributed by atoms with Crippen molar-refractivity contribution in [2.45, 2.75) is 25.3 Å². The summed E-state index contributed by atoms with van der Waals surface area (Å²) < 4.78 is 77.2. The molecule has 1 heterocycles. The maximum atomic E-state index is 12.9. The summed E-state index contributed by atoms with van der Waals surface area (Å²) >= 11 is 0. The Hall–Kier alpha value is -3.50. The molecule has 0 aliphatic carbocycles. The Morgan fingerprint density at radius 3 is 2.13 bits per heavy atom. The zero-order valence-electron chi connectivity index (χ0n) is 15.8. The van der Waals surface area contributed by atoms with E-state index in [2.05, 4.69) is 16.0 Å². The fourth-order valence-corrected chi connectivity index (χ4v) is 3.08. The smallest absolute Gasteiger partial charge is 0.327 e. The Morgan fingerprint density at radius 1 is 0.935 bits per heavy atom. The summed E-state index contributed by atoms with van der Waals surface area (Å²) in [7, 11) is 0. The van der Waals surface area contributed by atoms with E-state index >= 15 is 0 Å². The van der Waals surface area contributed by atoms with Crippen molar-refractivity contribution in [3.05, 3.63) is 76.5 Å². The maximum absolute atomic E-state index is 12.9. The summed E-state index contributed by atoms with van der Waals surface area (Å²) in [5.41, 5.74) is -1.77. The first-order valence-corrected chi connectivity index (χ1v) is 8.80. The number of carbonyl (C=O) groups is 2. The van der Waals surface area contributed by atoms with Crippen molar-refractivity contribution in [2.75, 3.05) is 5.32 Å². The molecule has 0 saturated heterocycles. The minimum atomic E-state index is -4.61. The Balaban J connectivity index is 1.92. The fraction of sp³-hybridized carbons (Fsp3) is 0.200. The number of halogens is 6. The number of hydrogen-bond acceptors (Lipinski definition) is 2. The molecule has 3 amide bonds. The number of rotatable bonds is 3. The SMILES string of the molecule is CC1=C(C(=O)Nc2cccc(C(F)(F)F)c2)[C@H](c2ccc(C(F)(F)F)cc2)NC(=O)N1. The van der Waals surface area contributed by atoms with Gasteiger partial charge in [0.05, 0.1) is 22.7 Å². The van der Waals surface area contributed by atoms with Crippen LogP contribution in [0.3, 0.4) is 0 Å². The van der Waals surface area contributed by atoms with Gasteiger partial charge in [-0.25, -0.2) is 4.79 Å². The van der Waals surface area contributed by atoms with Crippen LogP contribution < -0.4 is 16.0 Å². The van der Waals surface area contributed by atoms with Crippen molar-refractivity contribution in [3.63, 3.8) is 0 Å². The number of benzene rings is 2. The lowest BCUT2D eigenvalue weighted by molar-refractivity contribution is -0.138. The van der Waals surface area contributed by atoms with E-state index in [1.54, 1.807) is 0 Å². The Kier molecular flexibility index (Phi) is 5.70. The van der Waals surface area contributed by atoms with Gasteiger partial charge in [-0.05, 0) is 42.8 Å². The largest absolute Gasteiger partial charge is 0.416 e. The van der Waals surface area contributed by atoms with Crippen LogP contribution in [0, 0.1) is 0 Å². The molecule has 1 aliphatic rings. The van der Waals surface area contributed by atoms with Crippen LogP contribution in [0.1, 0.15) is 29.7 Å². The van der Waals surface area contributed by atoms with Gasteiger partial charge < -0.3 is 16.0 Å². The van der Waals surface area contributed by atoms with Gasteiger partial charge in [0.15, 0.2) is 0 Å². The van der Waals surface area contributed by atoms with E-state index in [0.717, 1.165) is 42.5 Å². The van der Waals surface area contributed by atoms with E-state index in [1.807, 2.05) is 0 Å².